The van der Waals surface area contributed by atoms with Crippen LogP contribution >= 0.6 is 12.2 Å². The molecule has 2 rings (SSSR count). The van der Waals surface area contributed by atoms with Gasteiger partial charge in [0.05, 0.1) is 12.3 Å². The number of nitrogens with zero attached hydrogens (tertiary/aromatic N) is 1. The van der Waals surface area contributed by atoms with Gasteiger partial charge >= 0.3 is 6.18 Å². The van der Waals surface area contributed by atoms with Crippen molar-refractivity contribution in [2.24, 2.45) is 0 Å². The number of H-pyrrole nitrogens is 1. The lowest BCUT2D eigenvalue weighted by Crippen LogP contribution is -2.09. The van der Waals surface area contributed by atoms with Gasteiger partial charge < -0.3 is 9.72 Å². The molecule has 3 nitrogen and oxygen atoms in total. The average molecular weight is 300 g/mol. The smallest absolute Gasteiger partial charge is 0.431 e. The van der Waals surface area contributed by atoms with Crippen LogP contribution in [0.15, 0.2) is 30.3 Å². The second-order valence-corrected chi connectivity index (χ2v) is 4.33. The van der Waals surface area contributed by atoms with Gasteiger partial charge in [-0.25, -0.2) is 4.98 Å². The Hall–Kier alpha value is -1.89. The lowest BCUT2D eigenvalue weighted by molar-refractivity contribution is -0.141. The maximum atomic E-state index is 12.7. The first-order valence-electron chi connectivity index (χ1n) is 5.82. The number of hydrogen-bond donors (Lipinski definition) is 1. The fourth-order valence-corrected chi connectivity index (χ4v) is 1.86. The first-order chi connectivity index (χ1) is 9.40. The Balaban J connectivity index is 2.42. The van der Waals surface area contributed by atoms with Crippen molar-refractivity contribution in [3.8, 4) is 17.0 Å². The fraction of sp³-hybridized carbons (Fsp3) is 0.231. The van der Waals surface area contributed by atoms with Crippen LogP contribution in [0.4, 0.5) is 13.2 Å². The number of benzene rings is 1. The van der Waals surface area contributed by atoms with Gasteiger partial charge in [0.2, 0.25) is 0 Å². The lowest BCUT2D eigenvalue weighted by atomic mass is 10.1. The van der Waals surface area contributed by atoms with E-state index in [1.54, 1.807) is 24.3 Å². The molecule has 0 aliphatic rings. The topological polar surface area (TPSA) is 37.9 Å². The third-order valence-electron chi connectivity index (χ3n) is 2.51. The van der Waals surface area contributed by atoms with Crippen molar-refractivity contribution in [2.45, 2.75) is 13.1 Å². The van der Waals surface area contributed by atoms with E-state index in [0.717, 1.165) is 6.07 Å². The van der Waals surface area contributed by atoms with Crippen molar-refractivity contribution in [3.05, 3.63) is 40.8 Å². The molecule has 106 valence electrons. The molecule has 1 N–H and O–H groups in total. The summed E-state index contributed by atoms with van der Waals surface area (Å²) in [6.45, 7) is 2.37. The van der Waals surface area contributed by atoms with Gasteiger partial charge in [0.25, 0.3) is 0 Å². The van der Waals surface area contributed by atoms with E-state index in [2.05, 4.69) is 4.98 Å². The maximum Gasteiger partial charge on any atom is 0.431 e. The predicted molar refractivity (Wildman–Crippen MR) is 71.0 cm³/mol. The molecule has 1 aromatic heterocycles. The molecule has 7 heteroatoms. The van der Waals surface area contributed by atoms with E-state index in [0.29, 0.717) is 17.9 Å². The van der Waals surface area contributed by atoms with Crippen molar-refractivity contribution in [1.82, 2.24) is 9.97 Å². The standard InChI is InChI=1S/C13H11F3N2OS/c1-2-19-9-5-3-8(4-6-9)10-7-11(13(14,15)16)18-12(20)17-10/h3-7H,2H2,1H3,(H,17,18,20). The summed E-state index contributed by atoms with van der Waals surface area (Å²) in [5, 5.41) is 0. The molecular weight excluding hydrogens is 289 g/mol. The Morgan fingerprint density at radius 1 is 1.25 bits per heavy atom. The number of ether oxygens (including phenoxy) is 1. The number of alkyl halides is 3. The average Bonchev–Trinajstić information content (AvgIpc) is 2.38. The Morgan fingerprint density at radius 2 is 1.90 bits per heavy atom. The van der Waals surface area contributed by atoms with E-state index >= 15 is 0 Å². The molecule has 0 aliphatic carbocycles. The van der Waals surface area contributed by atoms with E-state index in [-0.39, 0.29) is 10.5 Å². The molecule has 2 aromatic rings. The Bertz CT molecular complexity index is 650. The molecule has 0 saturated carbocycles. The van der Waals surface area contributed by atoms with Gasteiger partial charge in [-0.15, -0.1) is 0 Å². The van der Waals surface area contributed by atoms with Crippen molar-refractivity contribution in [2.75, 3.05) is 6.61 Å². The number of nitrogens with one attached hydrogen (secondary N) is 1. The number of hydrogen-bond acceptors (Lipinski definition) is 3. The molecule has 1 heterocycles. The molecule has 0 amide bonds. The zero-order valence-electron chi connectivity index (χ0n) is 10.5. The molecular formula is C13H11F3N2OS. The van der Waals surface area contributed by atoms with Gasteiger partial charge in [-0.1, -0.05) is 0 Å². The highest BCUT2D eigenvalue weighted by molar-refractivity contribution is 7.71. The van der Waals surface area contributed by atoms with Crippen molar-refractivity contribution in [1.29, 1.82) is 0 Å². The monoisotopic (exact) mass is 300 g/mol. The van der Waals surface area contributed by atoms with Crippen molar-refractivity contribution < 1.29 is 17.9 Å². The van der Waals surface area contributed by atoms with Gasteiger partial charge in [-0.05, 0) is 49.5 Å². The summed E-state index contributed by atoms with van der Waals surface area (Å²) in [5.74, 6) is 0.647. The van der Waals surface area contributed by atoms with E-state index in [4.69, 9.17) is 17.0 Å². The summed E-state index contributed by atoms with van der Waals surface area (Å²) in [6.07, 6.45) is -4.49. The summed E-state index contributed by atoms with van der Waals surface area (Å²) in [6, 6.07) is 7.57. The van der Waals surface area contributed by atoms with Gasteiger partial charge in [0.1, 0.15) is 11.4 Å². The van der Waals surface area contributed by atoms with E-state index in [1.165, 1.54) is 0 Å². The van der Waals surface area contributed by atoms with Crippen molar-refractivity contribution >= 4 is 12.2 Å². The molecule has 0 radical (unpaired) electrons. The van der Waals surface area contributed by atoms with Crippen LogP contribution in [-0.4, -0.2) is 16.6 Å². The Labute approximate surface area is 118 Å². The first kappa shape index (κ1) is 14.5. The second kappa shape index (κ2) is 5.62. The second-order valence-electron chi connectivity index (χ2n) is 3.94. The minimum Gasteiger partial charge on any atom is -0.494 e. The normalized spacial score (nSPS) is 11.4. The highest BCUT2D eigenvalue weighted by atomic mass is 32.1. The summed E-state index contributed by atoms with van der Waals surface area (Å²) in [4.78, 5) is 5.95. The highest BCUT2D eigenvalue weighted by Crippen LogP contribution is 2.30. The van der Waals surface area contributed by atoms with Crippen LogP contribution < -0.4 is 4.74 Å². The molecule has 0 spiro atoms. The summed E-state index contributed by atoms with van der Waals surface area (Å²) in [5.41, 5.74) is -0.204. The van der Waals surface area contributed by atoms with Crippen LogP contribution in [0.3, 0.4) is 0 Å². The van der Waals surface area contributed by atoms with Crippen LogP contribution in [0, 0.1) is 4.77 Å². The largest absolute Gasteiger partial charge is 0.494 e. The Morgan fingerprint density at radius 3 is 2.45 bits per heavy atom. The third kappa shape index (κ3) is 3.36. The molecule has 20 heavy (non-hydrogen) atoms. The third-order valence-corrected chi connectivity index (χ3v) is 2.70. The van der Waals surface area contributed by atoms with Gasteiger partial charge in [-0.2, -0.15) is 13.2 Å². The number of halogens is 3. The molecule has 0 fully saturated rings. The number of rotatable bonds is 3. The van der Waals surface area contributed by atoms with E-state index < -0.39 is 11.9 Å². The molecule has 0 unspecified atom stereocenters. The number of aromatic amines is 1. The van der Waals surface area contributed by atoms with Crippen LogP contribution in [0.1, 0.15) is 12.6 Å². The van der Waals surface area contributed by atoms with E-state index in [9.17, 15) is 13.2 Å². The summed E-state index contributed by atoms with van der Waals surface area (Å²) >= 11 is 4.73. The molecule has 0 bridgehead atoms. The van der Waals surface area contributed by atoms with Crippen molar-refractivity contribution in [3.63, 3.8) is 0 Å². The van der Waals surface area contributed by atoms with Crippen LogP contribution in [-0.2, 0) is 6.18 Å². The quantitative estimate of drug-likeness (QED) is 0.862. The Kier molecular flexibility index (Phi) is 4.08. The van der Waals surface area contributed by atoms with E-state index in [1.807, 2.05) is 11.9 Å². The molecule has 1 aromatic carbocycles. The SMILES string of the molecule is CCOc1ccc(-c2cc(C(F)(F)F)[nH]c(=S)n2)cc1. The van der Waals surface area contributed by atoms with Crippen LogP contribution in [0.25, 0.3) is 11.3 Å². The van der Waals surface area contributed by atoms with Gasteiger partial charge in [0, 0.05) is 5.56 Å². The zero-order valence-corrected chi connectivity index (χ0v) is 11.3. The fourth-order valence-electron chi connectivity index (χ4n) is 1.65. The highest BCUT2D eigenvalue weighted by Gasteiger charge is 2.32. The lowest BCUT2D eigenvalue weighted by Gasteiger charge is -2.09. The molecule has 0 saturated heterocycles. The van der Waals surface area contributed by atoms with Crippen LogP contribution in [0.5, 0.6) is 5.75 Å². The number of aromatic nitrogens is 2. The van der Waals surface area contributed by atoms with Gasteiger partial charge in [-0.3, -0.25) is 0 Å². The summed E-state index contributed by atoms with van der Waals surface area (Å²) < 4.78 is 43.2. The predicted octanol–water partition coefficient (Wildman–Crippen LogP) is 4.22. The van der Waals surface area contributed by atoms with Gasteiger partial charge in [0.15, 0.2) is 4.77 Å². The zero-order chi connectivity index (χ0) is 14.8. The minimum atomic E-state index is -4.49. The maximum absolute atomic E-state index is 12.7. The molecule has 0 aliphatic heterocycles. The van der Waals surface area contributed by atoms with Crippen LogP contribution in [0.2, 0.25) is 0 Å². The molecule has 0 atom stereocenters. The minimum absolute atomic E-state index is 0.170. The first-order valence-corrected chi connectivity index (χ1v) is 6.23. The summed E-state index contributed by atoms with van der Waals surface area (Å²) in [7, 11) is 0.